The fourth-order valence-electron chi connectivity index (χ4n) is 2.10. The normalized spacial score (nSPS) is 11.9. The molecule has 0 saturated carbocycles. The number of rotatable bonds is 6. The highest BCUT2D eigenvalue weighted by molar-refractivity contribution is 5.41. The largest absolute Gasteiger partial charge is 0.496 e. The lowest BCUT2D eigenvalue weighted by atomic mass is 9.85. The van der Waals surface area contributed by atoms with E-state index < -0.39 is 0 Å². The van der Waals surface area contributed by atoms with Crippen molar-refractivity contribution in [2.75, 3.05) is 34.5 Å². The summed E-state index contributed by atoms with van der Waals surface area (Å²) < 4.78 is 10.6. The minimum atomic E-state index is 0.0970. The molecule has 3 heteroatoms. The van der Waals surface area contributed by atoms with E-state index in [4.69, 9.17) is 9.47 Å². The Morgan fingerprint density at radius 2 is 1.84 bits per heavy atom. The SMILES string of the molecule is COCN(C)CCc1ccc(OC)c(C(C)(C)C)c1. The van der Waals surface area contributed by atoms with Crippen LogP contribution in [-0.4, -0.2) is 39.4 Å². The molecular formula is C16H27NO2. The topological polar surface area (TPSA) is 21.7 Å². The lowest BCUT2D eigenvalue weighted by Gasteiger charge is -2.23. The number of ether oxygens (including phenoxy) is 2. The molecule has 0 bridgehead atoms. The van der Waals surface area contributed by atoms with Crippen LogP contribution in [0.15, 0.2) is 18.2 Å². The number of methoxy groups -OCH3 is 2. The molecule has 0 radical (unpaired) electrons. The summed E-state index contributed by atoms with van der Waals surface area (Å²) in [5.41, 5.74) is 2.70. The zero-order valence-electron chi connectivity index (χ0n) is 13.1. The van der Waals surface area contributed by atoms with Gasteiger partial charge in [0, 0.05) is 13.7 Å². The number of nitrogens with zero attached hydrogens (tertiary/aromatic N) is 1. The standard InChI is InChI=1S/C16H27NO2/c1-16(2,3)14-11-13(7-8-15(14)19-6)9-10-17(4)12-18-5/h7-8,11H,9-10,12H2,1-6H3. The molecule has 0 heterocycles. The van der Waals surface area contributed by atoms with Crippen molar-refractivity contribution in [3.63, 3.8) is 0 Å². The van der Waals surface area contributed by atoms with Crippen LogP contribution in [0.2, 0.25) is 0 Å². The van der Waals surface area contributed by atoms with E-state index in [1.165, 1.54) is 11.1 Å². The monoisotopic (exact) mass is 265 g/mol. The minimum Gasteiger partial charge on any atom is -0.496 e. The highest BCUT2D eigenvalue weighted by Gasteiger charge is 2.19. The fourth-order valence-corrected chi connectivity index (χ4v) is 2.10. The summed E-state index contributed by atoms with van der Waals surface area (Å²) in [5, 5.41) is 0. The third-order valence-electron chi connectivity index (χ3n) is 3.20. The Balaban J connectivity index is 2.81. The summed E-state index contributed by atoms with van der Waals surface area (Å²) in [6, 6.07) is 6.49. The summed E-state index contributed by atoms with van der Waals surface area (Å²) in [5.74, 6) is 0.974. The Morgan fingerprint density at radius 3 is 2.37 bits per heavy atom. The summed E-state index contributed by atoms with van der Waals surface area (Å²) >= 11 is 0. The molecule has 0 aliphatic carbocycles. The average Bonchev–Trinajstić information content (AvgIpc) is 2.35. The third kappa shape index (κ3) is 4.84. The van der Waals surface area contributed by atoms with Gasteiger partial charge in [0.1, 0.15) is 5.75 Å². The maximum atomic E-state index is 5.46. The molecule has 0 N–H and O–H groups in total. The highest BCUT2D eigenvalue weighted by atomic mass is 16.5. The molecule has 3 nitrogen and oxygen atoms in total. The van der Waals surface area contributed by atoms with E-state index in [1.807, 2.05) is 0 Å². The Bertz CT molecular complexity index is 396. The number of hydrogen-bond acceptors (Lipinski definition) is 3. The van der Waals surface area contributed by atoms with E-state index in [9.17, 15) is 0 Å². The van der Waals surface area contributed by atoms with Crippen LogP contribution in [0.3, 0.4) is 0 Å². The van der Waals surface area contributed by atoms with Crippen molar-refractivity contribution in [3.8, 4) is 5.75 Å². The van der Waals surface area contributed by atoms with Crippen molar-refractivity contribution in [1.29, 1.82) is 0 Å². The van der Waals surface area contributed by atoms with Gasteiger partial charge in [-0.15, -0.1) is 0 Å². The van der Waals surface area contributed by atoms with Gasteiger partial charge in [0.15, 0.2) is 0 Å². The molecule has 1 aromatic rings. The second-order valence-corrected chi connectivity index (χ2v) is 6.03. The van der Waals surface area contributed by atoms with Crippen LogP contribution < -0.4 is 4.74 Å². The Kier molecular flexibility index (Phi) is 5.83. The minimum absolute atomic E-state index is 0.0970. The van der Waals surface area contributed by atoms with Crippen LogP contribution >= 0.6 is 0 Å². The fraction of sp³-hybridized carbons (Fsp3) is 0.625. The van der Waals surface area contributed by atoms with Gasteiger partial charge in [0.25, 0.3) is 0 Å². The summed E-state index contributed by atoms with van der Waals surface area (Å²) in [4.78, 5) is 2.17. The molecule has 0 aromatic heterocycles. The van der Waals surface area contributed by atoms with Crippen molar-refractivity contribution < 1.29 is 9.47 Å². The van der Waals surface area contributed by atoms with Gasteiger partial charge in [-0.1, -0.05) is 32.9 Å². The number of benzene rings is 1. The predicted octanol–water partition coefficient (Wildman–Crippen LogP) is 3.07. The second kappa shape index (κ2) is 6.92. The molecule has 1 aromatic carbocycles. The van der Waals surface area contributed by atoms with Crippen LogP contribution in [0, 0.1) is 0 Å². The molecule has 0 amide bonds. The summed E-state index contributed by atoms with van der Waals surface area (Å²) in [7, 11) is 5.52. The maximum absolute atomic E-state index is 5.46. The summed E-state index contributed by atoms with van der Waals surface area (Å²) in [6.45, 7) is 8.30. The van der Waals surface area contributed by atoms with Gasteiger partial charge in [0.05, 0.1) is 13.8 Å². The van der Waals surface area contributed by atoms with Crippen molar-refractivity contribution in [2.45, 2.75) is 32.6 Å². The molecular weight excluding hydrogens is 238 g/mol. The molecule has 0 unspecified atom stereocenters. The first kappa shape index (κ1) is 16.0. The van der Waals surface area contributed by atoms with Crippen LogP contribution in [-0.2, 0) is 16.6 Å². The van der Waals surface area contributed by atoms with E-state index in [0.717, 1.165) is 18.7 Å². The van der Waals surface area contributed by atoms with Crippen LogP contribution in [0.25, 0.3) is 0 Å². The van der Waals surface area contributed by atoms with Crippen LogP contribution in [0.5, 0.6) is 5.75 Å². The van der Waals surface area contributed by atoms with Gasteiger partial charge in [-0.2, -0.15) is 0 Å². The van der Waals surface area contributed by atoms with E-state index in [-0.39, 0.29) is 5.41 Å². The quantitative estimate of drug-likeness (QED) is 0.738. The molecule has 0 aliphatic rings. The van der Waals surface area contributed by atoms with E-state index in [2.05, 4.69) is 50.9 Å². The number of likely N-dealkylation sites (N-methyl/N-ethyl adjacent to an activating group) is 1. The lowest BCUT2D eigenvalue weighted by Crippen LogP contribution is -2.23. The van der Waals surface area contributed by atoms with Gasteiger partial charge in [-0.05, 0) is 36.1 Å². The van der Waals surface area contributed by atoms with Gasteiger partial charge in [0.2, 0.25) is 0 Å². The smallest absolute Gasteiger partial charge is 0.122 e. The van der Waals surface area contributed by atoms with Crippen LogP contribution in [0.4, 0.5) is 0 Å². The average molecular weight is 265 g/mol. The van der Waals surface area contributed by atoms with Crippen molar-refractivity contribution in [3.05, 3.63) is 29.3 Å². The molecule has 108 valence electrons. The first-order chi connectivity index (χ1) is 8.88. The van der Waals surface area contributed by atoms with Crippen molar-refractivity contribution >= 4 is 0 Å². The molecule has 19 heavy (non-hydrogen) atoms. The van der Waals surface area contributed by atoms with Crippen molar-refractivity contribution in [2.24, 2.45) is 0 Å². The van der Waals surface area contributed by atoms with Gasteiger partial charge >= 0.3 is 0 Å². The number of hydrogen-bond donors (Lipinski definition) is 0. The van der Waals surface area contributed by atoms with E-state index in [1.54, 1.807) is 14.2 Å². The Labute approximate surface area is 117 Å². The summed E-state index contributed by atoms with van der Waals surface area (Å²) in [6.07, 6.45) is 1.02. The van der Waals surface area contributed by atoms with Crippen LogP contribution in [0.1, 0.15) is 31.9 Å². The molecule has 0 aliphatic heterocycles. The Morgan fingerprint density at radius 1 is 1.16 bits per heavy atom. The molecule has 0 spiro atoms. The molecule has 0 fully saturated rings. The first-order valence-electron chi connectivity index (χ1n) is 6.73. The van der Waals surface area contributed by atoms with Gasteiger partial charge in [-0.25, -0.2) is 0 Å². The zero-order chi connectivity index (χ0) is 14.5. The first-order valence-corrected chi connectivity index (χ1v) is 6.73. The van der Waals surface area contributed by atoms with Gasteiger partial charge < -0.3 is 9.47 Å². The lowest BCUT2D eigenvalue weighted by molar-refractivity contribution is 0.0827. The Hall–Kier alpha value is -1.06. The second-order valence-electron chi connectivity index (χ2n) is 6.03. The molecule has 0 saturated heterocycles. The van der Waals surface area contributed by atoms with Crippen molar-refractivity contribution in [1.82, 2.24) is 4.90 Å². The predicted molar refractivity (Wildman–Crippen MR) is 79.9 cm³/mol. The van der Waals surface area contributed by atoms with E-state index in [0.29, 0.717) is 6.73 Å². The van der Waals surface area contributed by atoms with Gasteiger partial charge in [-0.3, -0.25) is 4.90 Å². The van der Waals surface area contributed by atoms with E-state index >= 15 is 0 Å². The highest BCUT2D eigenvalue weighted by Crippen LogP contribution is 2.32. The third-order valence-corrected chi connectivity index (χ3v) is 3.20. The zero-order valence-corrected chi connectivity index (χ0v) is 13.1. The maximum Gasteiger partial charge on any atom is 0.122 e. The molecule has 0 atom stereocenters. The molecule has 1 rings (SSSR count).